The monoisotopic (exact) mass is 220 g/mol. The maximum absolute atomic E-state index is 5.60. The van der Waals surface area contributed by atoms with Gasteiger partial charge >= 0.3 is 0 Å². The fourth-order valence-electron chi connectivity index (χ4n) is 1.96. The van der Waals surface area contributed by atoms with Crippen LogP contribution in [0.4, 0.5) is 11.4 Å². The summed E-state index contributed by atoms with van der Waals surface area (Å²) in [6.07, 6.45) is 1.10. The number of anilines is 2. The lowest BCUT2D eigenvalue weighted by atomic mass is 9.95. The highest BCUT2D eigenvalue weighted by atomic mass is 16.5. The molecule has 0 fully saturated rings. The molecule has 0 saturated heterocycles. The first-order chi connectivity index (χ1) is 7.68. The molecule has 16 heavy (non-hydrogen) atoms. The van der Waals surface area contributed by atoms with E-state index in [9.17, 15) is 0 Å². The number of para-hydroxylation sites is 1. The van der Waals surface area contributed by atoms with Crippen LogP contribution in [-0.2, 0) is 0 Å². The maximum Gasteiger partial charge on any atom is 0.144 e. The molecular formula is C13H20N2O. The van der Waals surface area contributed by atoms with Crippen LogP contribution in [0.2, 0.25) is 0 Å². The molecule has 1 aliphatic rings. The topological polar surface area (TPSA) is 33.3 Å². The van der Waals surface area contributed by atoms with Crippen molar-refractivity contribution in [1.29, 1.82) is 0 Å². The van der Waals surface area contributed by atoms with E-state index in [2.05, 4.69) is 30.5 Å². The highest BCUT2D eigenvalue weighted by molar-refractivity contribution is 5.78. The molecule has 0 amide bonds. The Kier molecular flexibility index (Phi) is 2.95. The molecule has 1 aromatic rings. The van der Waals surface area contributed by atoms with Crippen LogP contribution in [0.3, 0.4) is 0 Å². The van der Waals surface area contributed by atoms with Crippen molar-refractivity contribution < 1.29 is 4.74 Å². The molecule has 1 aromatic carbocycles. The number of hydrogen-bond acceptors (Lipinski definition) is 3. The molecule has 2 N–H and O–H groups in total. The van der Waals surface area contributed by atoms with E-state index in [1.54, 1.807) is 0 Å². The van der Waals surface area contributed by atoms with E-state index in [0.717, 1.165) is 30.1 Å². The van der Waals surface area contributed by atoms with Crippen LogP contribution in [0.15, 0.2) is 18.2 Å². The van der Waals surface area contributed by atoms with Gasteiger partial charge in [-0.15, -0.1) is 0 Å². The lowest BCUT2D eigenvalue weighted by molar-refractivity contribution is 0.341. The molecule has 1 unspecified atom stereocenters. The molecule has 0 aromatic heterocycles. The Morgan fingerprint density at radius 2 is 2.19 bits per heavy atom. The van der Waals surface area contributed by atoms with E-state index in [-0.39, 0.29) is 5.54 Å². The second-order valence-electron chi connectivity index (χ2n) is 4.50. The summed E-state index contributed by atoms with van der Waals surface area (Å²) < 4.78 is 5.60. The molecule has 0 saturated carbocycles. The summed E-state index contributed by atoms with van der Waals surface area (Å²) in [6, 6.07) is 6.13. The third-order valence-corrected chi connectivity index (χ3v) is 3.20. The smallest absolute Gasteiger partial charge is 0.144 e. The first kappa shape index (κ1) is 11.1. The van der Waals surface area contributed by atoms with Gasteiger partial charge in [0, 0.05) is 6.54 Å². The second-order valence-corrected chi connectivity index (χ2v) is 4.50. The normalized spacial score (nSPS) is 22.9. The molecule has 3 heteroatoms. The largest absolute Gasteiger partial charge is 0.492 e. The standard InChI is InChI=1S/C13H20N2O/c1-4-13(3)9-14-12-10(15-13)7-6-8-11(12)16-5-2/h6-8,14-15H,4-5,9H2,1-3H3. The van der Waals surface area contributed by atoms with E-state index in [1.807, 2.05) is 19.1 Å². The fourth-order valence-corrected chi connectivity index (χ4v) is 1.96. The number of rotatable bonds is 3. The zero-order chi connectivity index (χ0) is 11.6. The number of benzene rings is 1. The third kappa shape index (κ3) is 1.94. The van der Waals surface area contributed by atoms with Gasteiger partial charge < -0.3 is 15.4 Å². The molecule has 1 aliphatic heterocycles. The average molecular weight is 220 g/mol. The van der Waals surface area contributed by atoms with Crippen LogP contribution in [0.1, 0.15) is 27.2 Å². The molecule has 0 bridgehead atoms. The second kappa shape index (κ2) is 4.24. The van der Waals surface area contributed by atoms with E-state index in [4.69, 9.17) is 4.74 Å². The highest BCUT2D eigenvalue weighted by Crippen LogP contribution is 2.38. The number of nitrogens with one attached hydrogen (secondary N) is 2. The molecule has 0 aliphatic carbocycles. The molecule has 88 valence electrons. The Hall–Kier alpha value is -1.38. The quantitative estimate of drug-likeness (QED) is 0.821. The lowest BCUT2D eigenvalue weighted by Crippen LogP contribution is -2.44. The Balaban J connectivity index is 2.30. The summed E-state index contributed by atoms with van der Waals surface area (Å²) in [5, 5.41) is 7.05. The first-order valence-electron chi connectivity index (χ1n) is 5.96. The van der Waals surface area contributed by atoms with Gasteiger partial charge in [-0.1, -0.05) is 13.0 Å². The van der Waals surface area contributed by atoms with Gasteiger partial charge in [-0.05, 0) is 32.4 Å². The summed E-state index contributed by atoms with van der Waals surface area (Å²) in [7, 11) is 0. The van der Waals surface area contributed by atoms with Gasteiger partial charge in [0.15, 0.2) is 0 Å². The van der Waals surface area contributed by atoms with Gasteiger partial charge in [0.05, 0.1) is 17.8 Å². The van der Waals surface area contributed by atoms with Crippen molar-refractivity contribution >= 4 is 11.4 Å². The molecule has 1 heterocycles. The summed E-state index contributed by atoms with van der Waals surface area (Å²) in [6.45, 7) is 8.07. The van der Waals surface area contributed by atoms with Crippen molar-refractivity contribution in [2.45, 2.75) is 32.7 Å². The highest BCUT2D eigenvalue weighted by Gasteiger charge is 2.28. The summed E-state index contributed by atoms with van der Waals surface area (Å²) in [5.41, 5.74) is 2.37. The van der Waals surface area contributed by atoms with Gasteiger partial charge in [-0.25, -0.2) is 0 Å². The van der Waals surface area contributed by atoms with Gasteiger partial charge in [-0.3, -0.25) is 0 Å². The van der Waals surface area contributed by atoms with Crippen LogP contribution in [0.25, 0.3) is 0 Å². The van der Waals surface area contributed by atoms with Crippen molar-refractivity contribution in [1.82, 2.24) is 0 Å². The van der Waals surface area contributed by atoms with Gasteiger partial charge in [0.25, 0.3) is 0 Å². The zero-order valence-corrected chi connectivity index (χ0v) is 10.3. The summed E-state index contributed by atoms with van der Waals surface area (Å²) in [5.74, 6) is 0.936. The van der Waals surface area contributed by atoms with Crippen molar-refractivity contribution in [3.8, 4) is 5.75 Å². The van der Waals surface area contributed by atoms with Crippen LogP contribution in [0, 0.1) is 0 Å². The minimum absolute atomic E-state index is 0.137. The molecule has 2 rings (SSSR count). The van der Waals surface area contributed by atoms with Crippen LogP contribution >= 0.6 is 0 Å². The minimum Gasteiger partial charge on any atom is -0.492 e. The molecule has 3 nitrogen and oxygen atoms in total. The van der Waals surface area contributed by atoms with Crippen molar-refractivity contribution in [2.75, 3.05) is 23.8 Å². The molecular weight excluding hydrogens is 200 g/mol. The molecule has 0 radical (unpaired) electrons. The first-order valence-corrected chi connectivity index (χ1v) is 5.96. The Morgan fingerprint density at radius 3 is 2.88 bits per heavy atom. The van der Waals surface area contributed by atoms with E-state index in [1.165, 1.54) is 0 Å². The van der Waals surface area contributed by atoms with Gasteiger partial charge in [0.1, 0.15) is 11.4 Å². The van der Waals surface area contributed by atoms with Crippen LogP contribution < -0.4 is 15.4 Å². The SMILES string of the molecule is CCOc1cccc2c1NCC(C)(CC)N2. The summed E-state index contributed by atoms with van der Waals surface area (Å²) >= 11 is 0. The van der Waals surface area contributed by atoms with Gasteiger partial charge in [-0.2, -0.15) is 0 Å². The Morgan fingerprint density at radius 1 is 1.38 bits per heavy atom. The van der Waals surface area contributed by atoms with Gasteiger partial charge in [0.2, 0.25) is 0 Å². The summed E-state index contributed by atoms with van der Waals surface area (Å²) in [4.78, 5) is 0. The predicted molar refractivity (Wildman–Crippen MR) is 68.4 cm³/mol. The van der Waals surface area contributed by atoms with Crippen LogP contribution in [-0.4, -0.2) is 18.7 Å². The fraction of sp³-hybridized carbons (Fsp3) is 0.538. The van der Waals surface area contributed by atoms with Crippen molar-refractivity contribution in [3.63, 3.8) is 0 Å². The van der Waals surface area contributed by atoms with Crippen LogP contribution in [0.5, 0.6) is 5.75 Å². The Bertz CT molecular complexity index is 378. The number of hydrogen-bond donors (Lipinski definition) is 2. The van der Waals surface area contributed by atoms with E-state index >= 15 is 0 Å². The predicted octanol–water partition coefficient (Wildman–Crippen LogP) is 3.09. The van der Waals surface area contributed by atoms with Crippen molar-refractivity contribution in [3.05, 3.63) is 18.2 Å². The molecule has 0 spiro atoms. The van der Waals surface area contributed by atoms with E-state index < -0.39 is 0 Å². The third-order valence-electron chi connectivity index (χ3n) is 3.20. The lowest BCUT2D eigenvalue weighted by Gasteiger charge is -2.37. The zero-order valence-electron chi connectivity index (χ0n) is 10.3. The van der Waals surface area contributed by atoms with Crippen molar-refractivity contribution in [2.24, 2.45) is 0 Å². The minimum atomic E-state index is 0.137. The molecule has 1 atom stereocenters. The maximum atomic E-state index is 5.60. The number of fused-ring (bicyclic) bond motifs is 1. The average Bonchev–Trinajstić information content (AvgIpc) is 2.29. The Labute approximate surface area is 97.2 Å². The van der Waals surface area contributed by atoms with E-state index in [0.29, 0.717) is 6.61 Å². The number of ether oxygens (including phenoxy) is 1.